The normalized spacial score (nSPS) is 12.1. The van der Waals surface area contributed by atoms with Gasteiger partial charge in [0.15, 0.2) is 5.82 Å². The average molecular weight is 511 g/mol. The number of halogens is 1. The molecule has 0 fully saturated rings. The number of nitrogens with zero attached hydrogens (tertiary/aromatic N) is 5. The Labute approximate surface area is 212 Å². The Morgan fingerprint density at radius 1 is 1.03 bits per heavy atom. The molecule has 4 aromatic rings. The number of tetrazole rings is 1. The van der Waals surface area contributed by atoms with Crippen molar-refractivity contribution < 1.29 is 0 Å². The Balaban J connectivity index is 1.73. The van der Waals surface area contributed by atoms with Crippen molar-refractivity contribution in [1.29, 1.82) is 0 Å². The number of nitrogens with one attached hydrogen (secondary N) is 1. The number of rotatable bonds is 9. The molecule has 1 N–H and O–H groups in total. The van der Waals surface area contributed by atoms with E-state index in [0.29, 0.717) is 30.4 Å². The summed E-state index contributed by atoms with van der Waals surface area (Å²) in [6, 6.07) is 15.9. The predicted octanol–water partition coefficient (Wildman–Crippen LogP) is 4.86. The third-order valence-corrected chi connectivity index (χ3v) is 7.63. The van der Waals surface area contributed by atoms with E-state index in [2.05, 4.69) is 34.5 Å². The third kappa shape index (κ3) is 5.26. The minimum Gasteiger partial charge on any atom is -0.282 e. The second kappa shape index (κ2) is 11.0. The maximum Gasteiger partial charge on any atom is 0.332 e. The summed E-state index contributed by atoms with van der Waals surface area (Å²) in [5, 5.41) is 15.1. The molecule has 182 valence electrons. The molecule has 0 aliphatic heterocycles. The Morgan fingerprint density at radius 3 is 2.37 bits per heavy atom. The van der Waals surface area contributed by atoms with E-state index in [1.54, 1.807) is 4.57 Å². The van der Waals surface area contributed by atoms with Crippen LogP contribution in [0.3, 0.4) is 0 Å². The van der Waals surface area contributed by atoms with Crippen LogP contribution in [-0.4, -0.2) is 35.0 Å². The van der Waals surface area contributed by atoms with Gasteiger partial charge in [-0.05, 0) is 40.0 Å². The number of benzene rings is 2. The second-order valence-corrected chi connectivity index (χ2v) is 10.1. The molecule has 1 atom stereocenters. The van der Waals surface area contributed by atoms with Gasteiger partial charge in [0.2, 0.25) is 0 Å². The number of aromatic nitrogens is 6. The van der Waals surface area contributed by atoms with Crippen molar-refractivity contribution >= 4 is 23.4 Å². The van der Waals surface area contributed by atoms with Crippen molar-refractivity contribution in [3.63, 3.8) is 0 Å². The zero-order chi connectivity index (χ0) is 24.9. The Bertz CT molecular complexity index is 1410. The summed E-state index contributed by atoms with van der Waals surface area (Å²) < 4.78 is 2.86. The summed E-state index contributed by atoms with van der Waals surface area (Å²) >= 11 is 7.98. The van der Waals surface area contributed by atoms with E-state index in [9.17, 15) is 9.59 Å². The minimum atomic E-state index is -0.422. The molecule has 0 saturated carbocycles. The largest absolute Gasteiger partial charge is 0.332 e. The Hall–Kier alpha value is -3.17. The molecule has 0 radical (unpaired) electrons. The van der Waals surface area contributed by atoms with Crippen LogP contribution in [0.1, 0.15) is 39.2 Å². The zero-order valence-corrected chi connectivity index (χ0v) is 21.4. The van der Waals surface area contributed by atoms with Crippen LogP contribution >= 0.6 is 23.4 Å². The van der Waals surface area contributed by atoms with Crippen LogP contribution in [0.25, 0.3) is 22.5 Å². The summed E-state index contributed by atoms with van der Waals surface area (Å²) in [5.74, 6) is 0.593. The first-order valence-corrected chi connectivity index (χ1v) is 12.8. The monoisotopic (exact) mass is 510 g/mol. The van der Waals surface area contributed by atoms with Gasteiger partial charge in [0, 0.05) is 17.4 Å². The summed E-state index contributed by atoms with van der Waals surface area (Å²) in [4.78, 5) is 26.1. The quantitative estimate of drug-likeness (QED) is 0.255. The highest BCUT2D eigenvalue weighted by atomic mass is 35.5. The van der Waals surface area contributed by atoms with Gasteiger partial charge in [0.25, 0.3) is 5.56 Å². The van der Waals surface area contributed by atoms with Crippen LogP contribution in [-0.2, 0) is 13.1 Å². The van der Waals surface area contributed by atoms with Crippen LogP contribution in [0.4, 0.5) is 0 Å². The molecule has 2 heterocycles. The lowest BCUT2D eigenvalue weighted by Crippen LogP contribution is -2.41. The van der Waals surface area contributed by atoms with E-state index < -0.39 is 5.56 Å². The highest BCUT2D eigenvalue weighted by Gasteiger charge is 2.20. The maximum absolute atomic E-state index is 13.3. The first kappa shape index (κ1) is 24.9. The average Bonchev–Trinajstić information content (AvgIpc) is 3.42. The molecular formula is C25H27ClN6O2S. The molecule has 0 aliphatic rings. The van der Waals surface area contributed by atoms with Gasteiger partial charge in [-0.2, -0.15) is 0 Å². The maximum atomic E-state index is 13.3. The predicted molar refractivity (Wildman–Crippen MR) is 140 cm³/mol. The molecule has 8 nitrogen and oxygen atoms in total. The minimum absolute atomic E-state index is 0.106. The van der Waals surface area contributed by atoms with E-state index in [4.69, 9.17) is 11.6 Å². The second-order valence-electron chi connectivity index (χ2n) is 8.27. The van der Waals surface area contributed by atoms with Gasteiger partial charge >= 0.3 is 5.69 Å². The van der Waals surface area contributed by atoms with Crippen LogP contribution < -0.4 is 11.2 Å². The zero-order valence-electron chi connectivity index (χ0n) is 19.9. The Morgan fingerprint density at radius 2 is 1.74 bits per heavy atom. The lowest BCUT2D eigenvalue weighted by atomic mass is 9.98. The van der Waals surface area contributed by atoms with Crippen LogP contribution in [0.2, 0.25) is 5.02 Å². The van der Waals surface area contributed by atoms with Gasteiger partial charge < -0.3 is 0 Å². The topological polar surface area (TPSA) is 98.5 Å². The fourth-order valence-electron chi connectivity index (χ4n) is 3.78. The van der Waals surface area contributed by atoms with Crippen molar-refractivity contribution in [1.82, 2.24) is 29.8 Å². The van der Waals surface area contributed by atoms with E-state index >= 15 is 0 Å². The van der Waals surface area contributed by atoms with Crippen molar-refractivity contribution in [3.05, 3.63) is 80.0 Å². The molecule has 0 saturated heterocycles. The van der Waals surface area contributed by atoms with Crippen LogP contribution in [0, 0.1) is 0 Å². The summed E-state index contributed by atoms with van der Waals surface area (Å²) in [7, 11) is 0. The molecule has 1 unspecified atom stereocenters. The number of aromatic amines is 1. The fourth-order valence-corrected chi connectivity index (χ4v) is 5.13. The van der Waals surface area contributed by atoms with Crippen molar-refractivity contribution in [2.24, 2.45) is 0 Å². The molecular weight excluding hydrogens is 484 g/mol. The molecule has 2 aromatic carbocycles. The van der Waals surface area contributed by atoms with E-state index in [0.717, 1.165) is 28.7 Å². The van der Waals surface area contributed by atoms with Gasteiger partial charge in [0.1, 0.15) is 10.0 Å². The molecule has 0 bridgehead atoms. The van der Waals surface area contributed by atoms with Crippen LogP contribution in [0.5, 0.6) is 0 Å². The number of thioether (sulfide) groups is 1. The highest BCUT2D eigenvalue weighted by Crippen LogP contribution is 2.31. The standard InChI is InChI=1S/C25H27ClN6O2S/c1-4-14-31-23(33)21(26)24(35-16(3)5-2)32(25(31)34)15-17-10-12-18(13-11-17)19-8-6-7-9-20(19)22-27-29-30-28-22/h6-13,16H,4-5,14-15H2,1-3H3,(H,27,28,29,30). The fraction of sp³-hybridized carbons (Fsp3) is 0.320. The van der Waals surface area contributed by atoms with Gasteiger partial charge in [0.05, 0.1) is 6.54 Å². The SMILES string of the molecule is CCCn1c(=O)c(Cl)c(SC(C)CC)n(Cc2ccc(-c3ccccc3-c3nnn[nH]3)cc2)c1=O. The number of H-pyrrole nitrogens is 1. The Kier molecular flexibility index (Phi) is 7.87. The summed E-state index contributed by atoms with van der Waals surface area (Å²) in [6.45, 7) is 6.70. The molecule has 2 aromatic heterocycles. The third-order valence-electron chi connectivity index (χ3n) is 5.80. The molecule has 35 heavy (non-hydrogen) atoms. The smallest absolute Gasteiger partial charge is 0.282 e. The van der Waals surface area contributed by atoms with Gasteiger partial charge in [-0.25, -0.2) is 9.89 Å². The molecule has 0 amide bonds. The van der Waals surface area contributed by atoms with Crippen molar-refractivity contribution in [2.75, 3.05) is 0 Å². The van der Waals surface area contributed by atoms with E-state index in [1.165, 1.54) is 16.3 Å². The highest BCUT2D eigenvalue weighted by molar-refractivity contribution is 7.99. The molecule has 4 rings (SSSR count). The van der Waals surface area contributed by atoms with Gasteiger partial charge in [-0.15, -0.1) is 16.9 Å². The first-order chi connectivity index (χ1) is 16.9. The first-order valence-electron chi connectivity index (χ1n) is 11.6. The van der Waals surface area contributed by atoms with Gasteiger partial charge in [-0.3, -0.25) is 13.9 Å². The number of hydrogen-bond donors (Lipinski definition) is 1. The van der Waals surface area contributed by atoms with E-state index in [1.807, 2.05) is 55.5 Å². The molecule has 10 heteroatoms. The number of hydrogen-bond acceptors (Lipinski definition) is 6. The summed E-state index contributed by atoms with van der Waals surface area (Å²) in [6.07, 6.45) is 1.56. The lowest BCUT2D eigenvalue weighted by molar-refractivity contribution is 0.537. The molecule has 0 aliphatic carbocycles. The van der Waals surface area contributed by atoms with Crippen LogP contribution in [0.15, 0.2) is 63.1 Å². The lowest BCUT2D eigenvalue weighted by Gasteiger charge is -2.19. The van der Waals surface area contributed by atoms with Crippen molar-refractivity contribution in [3.8, 4) is 22.5 Å². The van der Waals surface area contributed by atoms with Gasteiger partial charge in [-0.1, -0.05) is 80.9 Å². The van der Waals surface area contributed by atoms with Crippen molar-refractivity contribution in [2.45, 2.75) is 57.0 Å². The van der Waals surface area contributed by atoms with E-state index in [-0.39, 0.29) is 16.0 Å². The molecule has 0 spiro atoms. The summed E-state index contributed by atoms with van der Waals surface area (Å²) in [5.41, 5.74) is 3.05.